The molecule has 0 radical (unpaired) electrons. The summed E-state index contributed by atoms with van der Waals surface area (Å²) in [6.45, 7) is -0.0232. The minimum atomic E-state index is -0.741. The van der Waals surface area contributed by atoms with Gasteiger partial charge in [-0.2, -0.15) is 0 Å². The predicted octanol–water partition coefficient (Wildman–Crippen LogP) is 3.35. The number of aliphatic hydroxyl groups excluding tert-OH is 1. The highest BCUT2D eigenvalue weighted by Crippen LogP contribution is 2.30. The number of hydrogen-bond donors (Lipinski definition) is 3. The van der Waals surface area contributed by atoms with Gasteiger partial charge in [0.05, 0.1) is 15.9 Å². The number of rotatable bonds is 11. The predicted molar refractivity (Wildman–Crippen MR) is 118 cm³/mol. The Bertz CT molecular complexity index is 1050. The number of allylic oxidation sites excluding steroid dienone is 3. The molecule has 0 atom stereocenters. The van der Waals surface area contributed by atoms with Crippen molar-refractivity contribution in [2.24, 2.45) is 4.99 Å². The van der Waals surface area contributed by atoms with Crippen LogP contribution < -0.4 is 10.9 Å². The largest absolute Gasteiger partial charge is 0.396 e. The molecule has 3 N–H and O–H groups in total. The van der Waals surface area contributed by atoms with Crippen molar-refractivity contribution in [1.29, 1.82) is 0 Å². The van der Waals surface area contributed by atoms with E-state index in [1.165, 1.54) is 18.4 Å². The van der Waals surface area contributed by atoms with E-state index in [2.05, 4.69) is 15.8 Å². The van der Waals surface area contributed by atoms with Gasteiger partial charge < -0.3 is 10.5 Å². The summed E-state index contributed by atoms with van der Waals surface area (Å²) in [6.07, 6.45) is 7.01. The molecule has 1 amide bonds. The van der Waals surface area contributed by atoms with Crippen LogP contribution in [-0.4, -0.2) is 33.7 Å². The van der Waals surface area contributed by atoms with Crippen LogP contribution in [0.2, 0.25) is 0 Å². The fourth-order valence-electron chi connectivity index (χ4n) is 2.51. The molecule has 0 fully saturated rings. The topological polar surface area (TPSA) is 160 Å². The Morgan fingerprint density at radius 2 is 1.84 bits per heavy atom. The molecular formula is C21H21N5O6. The third kappa shape index (κ3) is 7.46. The van der Waals surface area contributed by atoms with Crippen LogP contribution in [0.15, 0.2) is 77.4 Å². The average molecular weight is 439 g/mol. The molecule has 0 saturated heterocycles. The molecule has 0 aliphatic rings. The number of carbonyl (C=O) groups excluding carboxylic acids is 1. The number of aliphatic hydroxyl groups is 1. The van der Waals surface area contributed by atoms with E-state index in [-0.39, 0.29) is 18.2 Å². The number of hydrazine groups is 1. The Morgan fingerprint density at radius 3 is 2.50 bits per heavy atom. The Kier molecular flexibility index (Phi) is 9.22. The number of carbonyl (C=O) groups is 1. The zero-order chi connectivity index (χ0) is 23.3. The fourth-order valence-corrected chi connectivity index (χ4v) is 2.51. The number of non-ortho nitro benzene ring substituents is 1. The van der Waals surface area contributed by atoms with Crippen molar-refractivity contribution in [3.8, 4) is 0 Å². The van der Waals surface area contributed by atoms with E-state index in [4.69, 9.17) is 5.11 Å². The number of amides is 1. The minimum absolute atomic E-state index is 0.0232. The molecule has 0 saturated carbocycles. The van der Waals surface area contributed by atoms with Crippen molar-refractivity contribution < 1.29 is 19.7 Å². The summed E-state index contributed by atoms with van der Waals surface area (Å²) >= 11 is 0. The van der Waals surface area contributed by atoms with Gasteiger partial charge >= 0.3 is 5.69 Å². The molecule has 0 aromatic heterocycles. The molecule has 2 aromatic rings. The molecule has 11 heteroatoms. The second-order valence-corrected chi connectivity index (χ2v) is 6.34. The monoisotopic (exact) mass is 439 g/mol. The molecule has 0 spiro atoms. The van der Waals surface area contributed by atoms with Crippen LogP contribution in [0.25, 0.3) is 0 Å². The van der Waals surface area contributed by atoms with Crippen LogP contribution in [0, 0.1) is 20.2 Å². The molecule has 11 nitrogen and oxygen atoms in total. The van der Waals surface area contributed by atoms with Crippen molar-refractivity contribution in [3.63, 3.8) is 0 Å². The summed E-state index contributed by atoms with van der Waals surface area (Å²) in [7, 11) is 0. The van der Waals surface area contributed by atoms with Crippen LogP contribution in [0.3, 0.4) is 0 Å². The number of hydrogen-bond acceptors (Lipinski definition) is 8. The highest BCUT2D eigenvalue weighted by molar-refractivity contribution is 5.93. The second-order valence-electron chi connectivity index (χ2n) is 6.34. The molecule has 0 aliphatic carbocycles. The van der Waals surface area contributed by atoms with Gasteiger partial charge in [0, 0.05) is 30.7 Å². The Morgan fingerprint density at radius 1 is 1.09 bits per heavy atom. The zero-order valence-electron chi connectivity index (χ0n) is 16.9. The quantitative estimate of drug-likeness (QED) is 0.209. The van der Waals surface area contributed by atoms with E-state index in [9.17, 15) is 25.0 Å². The zero-order valence-corrected chi connectivity index (χ0v) is 16.9. The first-order chi connectivity index (χ1) is 15.4. The molecule has 166 valence electrons. The number of nitro groups is 2. The summed E-state index contributed by atoms with van der Waals surface area (Å²) in [5.41, 5.74) is 5.53. The highest BCUT2D eigenvalue weighted by Gasteiger charge is 2.18. The Hall–Kier alpha value is -4.38. The standard InChI is InChI=1S/C21H21N5O6/c27-13-5-7-16(15-23-24-21(28)17-8-2-1-3-9-17)6-4-12-22-19-11-10-18(25(29)30)14-20(19)26(31)32/h1-4,6,8-12,14-15,23,27H,5,7,13H2,(H,24,28)/b6-4-,16-15-,22-12?. The Labute approximate surface area is 183 Å². The van der Waals surface area contributed by atoms with Crippen molar-refractivity contribution in [2.45, 2.75) is 12.8 Å². The van der Waals surface area contributed by atoms with Gasteiger partial charge in [0.1, 0.15) is 5.69 Å². The van der Waals surface area contributed by atoms with E-state index in [1.807, 2.05) is 0 Å². The molecule has 2 aromatic carbocycles. The fraction of sp³-hybridized carbons (Fsp3) is 0.143. The van der Waals surface area contributed by atoms with Crippen LogP contribution in [0.5, 0.6) is 0 Å². The first-order valence-electron chi connectivity index (χ1n) is 9.46. The smallest absolute Gasteiger partial charge is 0.301 e. The van der Waals surface area contributed by atoms with Gasteiger partial charge in [-0.15, -0.1) is 0 Å². The van der Waals surface area contributed by atoms with Crippen LogP contribution in [0.1, 0.15) is 23.2 Å². The maximum atomic E-state index is 12.0. The van der Waals surface area contributed by atoms with E-state index in [0.29, 0.717) is 18.4 Å². The van der Waals surface area contributed by atoms with Crippen LogP contribution >= 0.6 is 0 Å². The minimum Gasteiger partial charge on any atom is -0.396 e. The SMILES string of the molecule is O=C(NN/C=C(/C=C\C=Nc1ccc([N+](=O)[O-])cc1[N+](=O)[O-])CCCO)c1ccccc1. The summed E-state index contributed by atoms with van der Waals surface area (Å²) in [5.74, 6) is -0.320. The number of aliphatic imine (C=N–C) groups is 1. The first kappa shape index (κ1) is 23.9. The number of nitrogens with zero attached hydrogens (tertiary/aromatic N) is 3. The molecule has 0 bridgehead atoms. The molecule has 0 heterocycles. The van der Waals surface area contributed by atoms with E-state index in [1.54, 1.807) is 42.6 Å². The lowest BCUT2D eigenvalue weighted by Gasteiger charge is -2.06. The molecule has 0 unspecified atom stereocenters. The normalized spacial score (nSPS) is 11.6. The van der Waals surface area contributed by atoms with Crippen LogP contribution in [-0.2, 0) is 0 Å². The van der Waals surface area contributed by atoms with E-state index >= 15 is 0 Å². The summed E-state index contributed by atoms with van der Waals surface area (Å²) in [6, 6.07) is 11.8. The summed E-state index contributed by atoms with van der Waals surface area (Å²) < 4.78 is 0. The number of benzene rings is 2. The van der Waals surface area contributed by atoms with Gasteiger partial charge in [-0.05, 0) is 42.7 Å². The summed E-state index contributed by atoms with van der Waals surface area (Å²) in [4.78, 5) is 36.5. The van der Waals surface area contributed by atoms with E-state index < -0.39 is 21.2 Å². The van der Waals surface area contributed by atoms with Crippen LogP contribution in [0.4, 0.5) is 17.1 Å². The van der Waals surface area contributed by atoms with Gasteiger partial charge in [-0.1, -0.05) is 24.3 Å². The molecular weight excluding hydrogens is 418 g/mol. The highest BCUT2D eigenvalue weighted by atomic mass is 16.6. The number of nitrogens with one attached hydrogen (secondary N) is 2. The van der Waals surface area contributed by atoms with E-state index in [0.717, 1.165) is 17.7 Å². The first-order valence-corrected chi connectivity index (χ1v) is 9.46. The lowest BCUT2D eigenvalue weighted by molar-refractivity contribution is -0.393. The maximum Gasteiger partial charge on any atom is 0.301 e. The maximum absolute atomic E-state index is 12.0. The number of nitro benzene ring substituents is 2. The van der Waals surface area contributed by atoms with Gasteiger partial charge in [0.15, 0.2) is 0 Å². The lowest BCUT2D eigenvalue weighted by atomic mass is 10.1. The van der Waals surface area contributed by atoms with Crippen molar-refractivity contribution >= 4 is 29.2 Å². The third-order valence-electron chi connectivity index (χ3n) is 4.08. The Balaban J connectivity index is 2.07. The third-order valence-corrected chi connectivity index (χ3v) is 4.08. The van der Waals surface area contributed by atoms with Crippen molar-refractivity contribution in [1.82, 2.24) is 10.9 Å². The average Bonchev–Trinajstić information content (AvgIpc) is 2.79. The molecule has 0 aliphatic heterocycles. The molecule has 32 heavy (non-hydrogen) atoms. The van der Waals surface area contributed by atoms with Gasteiger partial charge in [0.2, 0.25) is 0 Å². The van der Waals surface area contributed by atoms with Crippen molar-refractivity contribution in [2.75, 3.05) is 6.61 Å². The van der Waals surface area contributed by atoms with Gasteiger partial charge in [-0.3, -0.25) is 30.4 Å². The van der Waals surface area contributed by atoms with Gasteiger partial charge in [0.25, 0.3) is 11.6 Å². The molecule has 2 rings (SSSR count). The second kappa shape index (κ2) is 12.3. The van der Waals surface area contributed by atoms with Crippen molar-refractivity contribution in [3.05, 3.63) is 98.2 Å². The summed E-state index contributed by atoms with van der Waals surface area (Å²) in [5, 5.41) is 31.0. The van der Waals surface area contributed by atoms with Gasteiger partial charge in [-0.25, -0.2) is 4.99 Å². The lowest BCUT2D eigenvalue weighted by Crippen LogP contribution is -2.33.